The average Bonchev–Trinajstić information content (AvgIpc) is 2.61. The van der Waals surface area contributed by atoms with Gasteiger partial charge in [-0.25, -0.2) is 0 Å². The molecule has 24 heavy (non-hydrogen) atoms. The van der Waals surface area contributed by atoms with Gasteiger partial charge in [-0.1, -0.05) is 36.4 Å². The zero-order valence-electron chi connectivity index (χ0n) is 12.3. The van der Waals surface area contributed by atoms with Crippen LogP contribution >= 0.6 is 0 Å². The molecule has 0 fully saturated rings. The number of nitro groups is 2. The molecule has 0 aliphatic heterocycles. The van der Waals surface area contributed by atoms with E-state index in [9.17, 15) is 20.2 Å². The second-order valence-electron chi connectivity index (χ2n) is 4.92. The Morgan fingerprint density at radius 2 is 1.04 bits per heavy atom. The average molecular weight is 318 g/mol. The summed E-state index contributed by atoms with van der Waals surface area (Å²) in [5.41, 5.74) is 1.31. The summed E-state index contributed by atoms with van der Waals surface area (Å²) in [6.45, 7) is 0. The first-order valence-corrected chi connectivity index (χ1v) is 6.99. The molecule has 2 radical (unpaired) electrons. The van der Waals surface area contributed by atoms with Crippen molar-refractivity contribution in [1.29, 1.82) is 0 Å². The lowest BCUT2D eigenvalue weighted by Crippen LogP contribution is -1.96. The highest BCUT2D eigenvalue weighted by atomic mass is 16.6. The number of para-hydroxylation sites is 2. The third kappa shape index (κ3) is 2.72. The lowest BCUT2D eigenvalue weighted by Gasteiger charge is -2.10. The molecule has 3 rings (SSSR count). The van der Waals surface area contributed by atoms with Gasteiger partial charge in [0.05, 0.1) is 21.0 Å². The molecule has 6 heteroatoms. The molecule has 3 aromatic carbocycles. The SMILES string of the molecule is O=[N+]([O-])c1ccccc1-c1[c]cc[c]c1-c1ccccc1[N+](=O)[O-]. The molecular weight excluding hydrogens is 308 g/mol. The van der Waals surface area contributed by atoms with E-state index in [1.54, 1.807) is 48.5 Å². The summed E-state index contributed by atoms with van der Waals surface area (Å²) in [5.74, 6) is 0. The second-order valence-corrected chi connectivity index (χ2v) is 4.92. The fourth-order valence-corrected chi connectivity index (χ4v) is 2.51. The summed E-state index contributed by atoms with van der Waals surface area (Å²) >= 11 is 0. The molecular formula is C18H10N2O4. The van der Waals surface area contributed by atoms with Gasteiger partial charge in [-0.15, -0.1) is 0 Å². The van der Waals surface area contributed by atoms with Gasteiger partial charge >= 0.3 is 0 Å². The lowest BCUT2D eigenvalue weighted by molar-refractivity contribution is -0.384. The van der Waals surface area contributed by atoms with E-state index in [2.05, 4.69) is 12.1 Å². The number of hydrogen-bond acceptors (Lipinski definition) is 4. The standard InChI is InChI=1S/C18H10N2O4/c21-19(22)17-11-5-3-9-15(17)13-7-1-2-8-14(13)16-10-4-6-12-18(16)20(23)24/h1-6,9-12H. The van der Waals surface area contributed by atoms with Crippen molar-refractivity contribution in [2.24, 2.45) is 0 Å². The van der Waals surface area contributed by atoms with Crippen molar-refractivity contribution in [2.45, 2.75) is 0 Å². The first kappa shape index (κ1) is 15.4. The quantitative estimate of drug-likeness (QED) is 0.525. The molecule has 0 saturated carbocycles. The summed E-state index contributed by atoms with van der Waals surface area (Å²) < 4.78 is 0. The highest BCUT2D eigenvalue weighted by molar-refractivity contribution is 5.89. The van der Waals surface area contributed by atoms with Gasteiger partial charge in [-0.05, 0) is 24.3 Å². The molecule has 0 spiro atoms. The molecule has 0 amide bonds. The molecule has 0 aliphatic rings. The summed E-state index contributed by atoms with van der Waals surface area (Å²) in [7, 11) is 0. The van der Waals surface area contributed by atoms with Gasteiger partial charge in [0, 0.05) is 23.3 Å². The molecule has 3 aromatic rings. The Morgan fingerprint density at radius 1 is 0.667 bits per heavy atom. The van der Waals surface area contributed by atoms with Crippen LogP contribution in [0.4, 0.5) is 11.4 Å². The first-order valence-electron chi connectivity index (χ1n) is 6.99. The van der Waals surface area contributed by atoms with Crippen molar-refractivity contribution in [1.82, 2.24) is 0 Å². The van der Waals surface area contributed by atoms with Crippen molar-refractivity contribution in [2.75, 3.05) is 0 Å². The van der Waals surface area contributed by atoms with Gasteiger partial charge in [0.2, 0.25) is 0 Å². The Morgan fingerprint density at radius 3 is 1.42 bits per heavy atom. The van der Waals surface area contributed by atoms with E-state index in [0.29, 0.717) is 22.3 Å². The molecule has 0 aromatic heterocycles. The third-order valence-electron chi connectivity index (χ3n) is 3.53. The smallest absolute Gasteiger partial charge is 0.258 e. The number of nitrogens with zero attached hydrogens (tertiary/aromatic N) is 2. The molecule has 6 nitrogen and oxygen atoms in total. The topological polar surface area (TPSA) is 86.3 Å². The fraction of sp³-hybridized carbons (Fsp3) is 0. The molecule has 0 saturated heterocycles. The summed E-state index contributed by atoms with van der Waals surface area (Å²) in [6, 6.07) is 21.5. The number of rotatable bonds is 4. The van der Waals surface area contributed by atoms with Crippen molar-refractivity contribution in [3.63, 3.8) is 0 Å². The van der Waals surface area contributed by atoms with Crippen LogP contribution in [0.2, 0.25) is 0 Å². The molecule has 116 valence electrons. The summed E-state index contributed by atoms with van der Waals surface area (Å²) in [4.78, 5) is 21.6. The molecule has 0 atom stereocenters. The van der Waals surface area contributed by atoms with Gasteiger partial charge in [-0.2, -0.15) is 0 Å². The molecule has 0 unspecified atom stereocenters. The summed E-state index contributed by atoms with van der Waals surface area (Å²) in [5, 5.41) is 22.6. The lowest BCUT2D eigenvalue weighted by atomic mass is 9.93. The van der Waals surface area contributed by atoms with Crippen LogP contribution in [0, 0.1) is 32.4 Å². The van der Waals surface area contributed by atoms with Crippen LogP contribution < -0.4 is 0 Å². The normalized spacial score (nSPS) is 10.3. The highest BCUT2D eigenvalue weighted by Crippen LogP contribution is 2.39. The maximum atomic E-state index is 11.3. The third-order valence-corrected chi connectivity index (χ3v) is 3.53. The van der Waals surface area contributed by atoms with Crippen LogP contribution in [0.1, 0.15) is 0 Å². The molecule has 0 N–H and O–H groups in total. The van der Waals surface area contributed by atoms with Gasteiger partial charge in [0.15, 0.2) is 0 Å². The highest BCUT2D eigenvalue weighted by Gasteiger charge is 2.21. The maximum absolute atomic E-state index is 11.3. The van der Waals surface area contributed by atoms with Gasteiger partial charge in [0.25, 0.3) is 11.4 Å². The van der Waals surface area contributed by atoms with Gasteiger partial charge in [-0.3, -0.25) is 20.2 Å². The van der Waals surface area contributed by atoms with Gasteiger partial charge in [0.1, 0.15) is 0 Å². The molecule has 0 bridgehead atoms. The fourth-order valence-electron chi connectivity index (χ4n) is 2.51. The van der Waals surface area contributed by atoms with Crippen LogP contribution in [0.15, 0.2) is 60.7 Å². The van der Waals surface area contributed by atoms with E-state index in [0.717, 1.165) is 0 Å². The van der Waals surface area contributed by atoms with E-state index >= 15 is 0 Å². The van der Waals surface area contributed by atoms with E-state index in [-0.39, 0.29) is 11.4 Å². The van der Waals surface area contributed by atoms with Crippen LogP contribution in [0.5, 0.6) is 0 Å². The monoisotopic (exact) mass is 318 g/mol. The Bertz CT molecular complexity index is 861. The minimum atomic E-state index is -0.487. The predicted octanol–water partition coefficient (Wildman–Crippen LogP) is 4.44. The first-order chi connectivity index (χ1) is 11.6. The second kappa shape index (κ2) is 6.29. The minimum absolute atomic E-state index is 0.0896. The van der Waals surface area contributed by atoms with E-state index in [1.807, 2.05) is 0 Å². The molecule has 0 aliphatic carbocycles. The predicted molar refractivity (Wildman–Crippen MR) is 88.3 cm³/mol. The Hall–Kier alpha value is -3.54. The Balaban J connectivity index is 2.29. The van der Waals surface area contributed by atoms with E-state index in [4.69, 9.17) is 0 Å². The summed E-state index contributed by atoms with van der Waals surface area (Å²) in [6.07, 6.45) is 0. The Labute approximate surface area is 137 Å². The number of benzene rings is 3. The number of hydrogen-bond donors (Lipinski definition) is 0. The van der Waals surface area contributed by atoms with Crippen LogP contribution in [0.25, 0.3) is 22.3 Å². The van der Waals surface area contributed by atoms with Gasteiger partial charge < -0.3 is 0 Å². The van der Waals surface area contributed by atoms with Crippen molar-refractivity contribution < 1.29 is 9.85 Å². The largest absolute Gasteiger partial charge is 0.277 e. The van der Waals surface area contributed by atoms with E-state index in [1.165, 1.54) is 12.1 Å². The Kier molecular flexibility index (Phi) is 4.03. The zero-order chi connectivity index (χ0) is 17.1. The van der Waals surface area contributed by atoms with Crippen LogP contribution in [0.3, 0.4) is 0 Å². The molecule has 0 heterocycles. The van der Waals surface area contributed by atoms with Crippen molar-refractivity contribution in [3.05, 3.63) is 93.0 Å². The number of nitro benzene ring substituents is 2. The maximum Gasteiger partial charge on any atom is 0.277 e. The zero-order valence-corrected chi connectivity index (χ0v) is 12.3. The van der Waals surface area contributed by atoms with Crippen molar-refractivity contribution in [3.8, 4) is 22.3 Å². The van der Waals surface area contributed by atoms with Crippen LogP contribution in [-0.4, -0.2) is 9.85 Å². The minimum Gasteiger partial charge on any atom is -0.258 e. The van der Waals surface area contributed by atoms with E-state index < -0.39 is 9.85 Å². The van der Waals surface area contributed by atoms with Crippen molar-refractivity contribution >= 4 is 11.4 Å². The van der Waals surface area contributed by atoms with Crippen LogP contribution in [-0.2, 0) is 0 Å².